The molecular formula is C14H22N2O4S. The molecule has 0 bridgehead atoms. The van der Waals surface area contributed by atoms with E-state index in [1.54, 1.807) is 6.92 Å². The van der Waals surface area contributed by atoms with Crippen LogP contribution in [-0.2, 0) is 16.4 Å². The number of rotatable bonds is 9. The van der Waals surface area contributed by atoms with Gasteiger partial charge in [-0.25, -0.2) is 17.9 Å². The molecule has 0 fully saturated rings. The summed E-state index contributed by atoms with van der Waals surface area (Å²) < 4.78 is 25.6. The molecule has 7 heteroatoms. The Balaban J connectivity index is 2.53. The van der Waals surface area contributed by atoms with Crippen LogP contribution in [0.4, 0.5) is 4.79 Å². The summed E-state index contributed by atoms with van der Waals surface area (Å²) in [6, 6.07) is 9.17. The molecule has 118 valence electrons. The van der Waals surface area contributed by atoms with Crippen molar-refractivity contribution in [2.45, 2.75) is 32.2 Å². The van der Waals surface area contributed by atoms with Crippen molar-refractivity contribution in [2.75, 3.05) is 12.3 Å². The fraction of sp³-hybridized carbons (Fsp3) is 0.500. The van der Waals surface area contributed by atoms with Gasteiger partial charge in [0.15, 0.2) is 0 Å². The Morgan fingerprint density at radius 3 is 2.52 bits per heavy atom. The summed E-state index contributed by atoms with van der Waals surface area (Å²) in [7, 11) is -3.25. The van der Waals surface area contributed by atoms with Gasteiger partial charge in [0, 0.05) is 12.6 Å². The van der Waals surface area contributed by atoms with E-state index in [0.29, 0.717) is 19.3 Å². The molecule has 0 unspecified atom stereocenters. The summed E-state index contributed by atoms with van der Waals surface area (Å²) in [6.07, 6.45) is 0.385. The van der Waals surface area contributed by atoms with Crippen LogP contribution in [0.5, 0.6) is 0 Å². The van der Waals surface area contributed by atoms with Gasteiger partial charge >= 0.3 is 6.09 Å². The first kappa shape index (κ1) is 17.5. The molecule has 0 radical (unpaired) electrons. The molecule has 0 aliphatic heterocycles. The van der Waals surface area contributed by atoms with E-state index in [0.717, 1.165) is 5.56 Å². The topological polar surface area (TPSA) is 95.5 Å². The van der Waals surface area contributed by atoms with Gasteiger partial charge in [-0.1, -0.05) is 37.3 Å². The van der Waals surface area contributed by atoms with E-state index in [9.17, 15) is 13.2 Å². The standard InChI is InChI=1S/C14H22N2O4S/c1-2-10-21(19,20)15-9-8-13(16-14(17)18)11-12-6-4-3-5-7-12/h3-7,13,15-16H,2,8-11H2,1H3,(H,17,18)/t13-/m1/s1. The van der Waals surface area contributed by atoms with Crippen LogP contribution in [0.15, 0.2) is 30.3 Å². The van der Waals surface area contributed by atoms with Crippen molar-refractivity contribution in [2.24, 2.45) is 0 Å². The van der Waals surface area contributed by atoms with Crippen molar-refractivity contribution in [1.29, 1.82) is 0 Å². The molecule has 0 heterocycles. The van der Waals surface area contributed by atoms with E-state index < -0.39 is 16.1 Å². The van der Waals surface area contributed by atoms with Crippen molar-refractivity contribution in [3.63, 3.8) is 0 Å². The first-order valence-corrected chi connectivity index (χ1v) is 8.59. The van der Waals surface area contributed by atoms with Crippen LogP contribution in [0, 0.1) is 0 Å². The van der Waals surface area contributed by atoms with Crippen LogP contribution >= 0.6 is 0 Å². The number of hydrogen-bond donors (Lipinski definition) is 3. The monoisotopic (exact) mass is 314 g/mol. The lowest BCUT2D eigenvalue weighted by Crippen LogP contribution is -2.38. The molecule has 0 aromatic heterocycles. The lowest BCUT2D eigenvalue weighted by molar-refractivity contribution is 0.189. The molecule has 0 aliphatic rings. The fourth-order valence-corrected chi connectivity index (χ4v) is 3.14. The van der Waals surface area contributed by atoms with E-state index >= 15 is 0 Å². The minimum Gasteiger partial charge on any atom is -0.465 e. The molecular weight excluding hydrogens is 292 g/mol. The van der Waals surface area contributed by atoms with Gasteiger partial charge in [0.05, 0.1) is 5.75 Å². The zero-order valence-corrected chi connectivity index (χ0v) is 12.9. The smallest absolute Gasteiger partial charge is 0.404 e. The summed E-state index contributed by atoms with van der Waals surface area (Å²) in [5, 5.41) is 11.3. The Morgan fingerprint density at radius 2 is 1.95 bits per heavy atom. The Kier molecular flexibility index (Phi) is 7.18. The van der Waals surface area contributed by atoms with Gasteiger partial charge in [-0.3, -0.25) is 0 Å². The molecule has 0 saturated carbocycles. The number of carbonyl (C=O) groups is 1. The largest absolute Gasteiger partial charge is 0.465 e. The highest BCUT2D eigenvalue weighted by Gasteiger charge is 2.14. The first-order chi connectivity index (χ1) is 9.93. The van der Waals surface area contributed by atoms with Crippen LogP contribution in [0.25, 0.3) is 0 Å². The summed E-state index contributed by atoms with van der Waals surface area (Å²) in [5.74, 6) is 0.0860. The second kappa shape index (κ2) is 8.63. The molecule has 1 amide bonds. The minimum atomic E-state index is -3.25. The third-order valence-electron chi connectivity index (χ3n) is 2.94. The summed E-state index contributed by atoms with van der Waals surface area (Å²) >= 11 is 0. The zero-order valence-electron chi connectivity index (χ0n) is 12.1. The van der Waals surface area contributed by atoms with Crippen molar-refractivity contribution >= 4 is 16.1 Å². The molecule has 3 N–H and O–H groups in total. The van der Waals surface area contributed by atoms with Crippen molar-refractivity contribution in [3.05, 3.63) is 35.9 Å². The van der Waals surface area contributed by atoms with Crippen LogP contribution in [-0.4, -0.2) is 38.0 Å². The minimum absolute atomic E-state index is 0.0860. The number of hydrogen-bond acceptors (Lipinski definition) is 3. The van der Waals surface area contributed by atoms with Crippen molar-refractivity contribution < 1.29 is 18.3 Å². The molecule has 1 aromatic rings. The highest BCUT2D eigenvalue weighted by molar-refractivity contribution is 7.89. The molecule has 21 heavy (non-hydrogen) atoms. The third kappa shape index (κ3) is 7.67. The number of amides is 1. The molecule has 0 spiro atoms. The molecule has 0 aliphatic carbocycles. The normalized spacial score (nSPS) is 12.8. The highest BCUT2D eigenvalue weighted by atomic mass is 32.2. The number of benzene rings is 1. The van der Waals surface area contributed by atoms with E-state index in [1.165, 1.54) is 0 Å². The number of nitrogens with one attached hydrogen (secondary N) is 2. The maximum atomic E-state index is 11.5. The van der Waals surface area contributed by atoms with Crippen LogP contribution in [0.1, 0.15) is 25.3 Å². The van der Waals surface area contributed by atoms with Gasteiger partial charge in [-0.15, -0.1) is 0 Å². The second-order valence-electron chi connectivity index (χ2n) is 4.84. The Bertz CT molecular complexity index is 531. The van der Waals surface area contributed by atoms with E-state index in [-0.39, 0.29) is 18.3 Å². The molecule has 6 nitrogen and oxygen atoms in total. The number of sulfonamides is 1. The predicted molar refractivity (Wildman–Crippen MR) is 81.8 cm³/mol. The highest BCUT2D eigenvalue weighted by Crippen LogP contribution is 2.06. The molecule has 1 rings (SSSR count). The van der Waals surface area contributed by atoms with Crippen molar-refractivity contribution in [3.8, 4) is 0 Å². The van der Waals surface area contributed by atoms with E-state index in [2.05, 4.69) is 10.0 Å². The van der Waals surface area contributed by atoms with Gasteiger partial charge in [-0.2, -0.15) is 0 Å². The van der Waals surface area contributed by atoms with Gasteiger partial charge in [-0.05, 0) is 24.8 Å². The Hall–Kier alpha value is -1.60. The Labute approximate surface area is 125 Å². The fourth-order valence-electron chi connectivity index (χ4n) is 2.03. The number of carboxylic acid groups (broad SMARTS) is 1. The van der Waals surface area contributed by atoms with Crippen LogP contribution < -0.4 is 10.0 Å². The van der Waals surface area contributed by atoms with Crippen LogP contribution in [0.2, 0.25) is 0 Å². The van der Waals surface area contributed by atoms with Gasteiger partial charge in [0.1, 0.15) is 0 Å². The molecule has 0 saturated heterocycles. The quantitative estimate of drug-likeness (QED) is 0.645. The predicted octanol–water partition coefficient (Wildman–Crippen LogP) is 1.58. The van der Waals surface area contributed by atoms with Crippen LogP contribution in [0.3, 0.4) is 0 Å². The lowest BCUT2D eigenvalue weighted by Gasteiger charge is -2.17. The SMILES string of the molecule is CCCS(=O)(=O)NCC[C@H](Cc1ccccc1)NC(=O)O. The third-order valence-corrected chi connectivity index (χ3v) is 4.53. The average Bonchev–Trinajstić information content (AvgIpc) is 2.38. The van der Waals surface area contributed by atoms with E-state index in [4.69, 9.17) is 5.11 Å². The Morgan fingerprint density at radius 1 is 1.29 bits per heavy atom. The summed E-state index contributed by atoms with van der Waals surface area (Å²) in [4.78, 5) is 10.8. The maximum absolute atomic E-state index is 11.5. The first-order valence-electron chi connectivity index (χ1n) is 6.93. The molecule has 1 atom stereocenters. The summed E-state index contributed by atoms with van der Waals surface area (Å²) in [5.41, 5.74) is 1.01. The second-order valence-corrected chi connectivity index (χ2v) is 6.76. The van der Waals surface area contributed by atoms with Crippen molar-refractivity contribution in [1.82, 2.24) is 10.0 Å². The van der Waals surface area contributed by atoms with Gasteiger partial charge in [0.2, 0.25) is 10.0 Å². The van der Waals surface area contributed by atoms with Gasteiger partial charge < -0.3 is 10.4 Å². The zero-order chi connectivity index (χ0) is 15.7. The summed E-state index contributed by atoms with van der Waals surface area (Å²) in [6.45, 7) is 2.02. The average molecular weight is 314 g/mol. The molecule has 1 aromatic carbocycles. The maximum Gasteiger partial charge on any atom is 0.404 e. The van der Waals surface area contributed by atoms with E-state index in [1.807, 2.05) is 30.3 Å². The van der Waals surface area contributed by atoms with Gasteiger partial charge in [0.25, 0.3) is 0 Å². The lowest BCUT2D eigenvalue weighted by atomic mass is 10.0.